The number of halogens is 4. The third kappa shape index (κ3) is 2.17. The molecule has 1 saturated heterocycles. The highest BCUT2D eigenvalue weighted by molar-refractivity contribution is 5.94. The number of nitrogens with zero attached hydrogens (tertiary/aromatic N) is 1. The second-order valence-electron chi connectivity index (χ2n) is 3.55. The first kappa shape index (κ1) is 11.7. The molecule has 2 rings (SSSR count). The molecule has 3 nitrogen and oxygen atoms in total. The monoisotopic (exact) mass is 248 g/mol. The maximum atomic E-state index is 13.4. The molecule has 0 radical (unpaired) electrons. The molecule has 1 heterocycles. The molecule has 0 saturated carbocycles. The Balaban J connectivity index is 2.42. The molecule has 0 atom stereocenters. The van der Waals surface area contributed by atoms with Gasteiger partial charge in [0.25, 0.3) is 0 Å². The summed E-state index contributed by atoms with van der Waals surface area (Å²) in [6, 6.07) is 1.40. The summed E-state index contributed by atoms with van der Waals surface area (Å²) in [5, 5.41) is 2.39. The molecular formula is C10H8F4N2O. The van der Waals surface area contributed by atoms with Crippen LogP contribution in [0.15, 0.2) is 18.2 Å². The van der Waals surface area contributed by atoms with Gasteiger partial charge >= 0.3 is 12.2 Å². The summed E-state index contributed by atoms with van der Waals surface area (Å²) in [5.74, 6) is -0.852. The Hall–Kier alpha value is -1.79. The number of anilines is 1. The number of hydrogen-bond donors (Lipinski definition) is 1. The molecule has 1 fully saturated rings. The van der Waals surface area contributed by atoms with Gasteiger partial charge in [-0.1, -0.05) is 0 Å². The van der Waals surface area contributed by atoms with Crippen molar-refractivity contribution in [1.82, 2.24) is 5.32 Å². The molecule has 0 aliphatic carbocycles. The summed E-state index contributed by atoms with van der Waals surface area (Å²) in [6.07, 6.45) is -4.56. The normalized spacial score (nSPS) is 16.2. The molecule has 0 bridgehead atoms. The van der Waals surface area contributed by atoms with Crippen LogP contribution in [-0.4, -0.2) is 19.1 Å². The van der Waals surface area contributed by atoms with Gasteiger partial charge in [0.1, 0.15) is 5.82 Å². The van der Waals surface area contributed by atoms with Crippen molar-refractivity contribution < 1.29 is 22.4 Å². The number of benzene rings is 1. The minimum Gasteiger partial charge on any atom is -0.336 e. The number of hydrogen-bond acceptors (Lipinski definition) is 1. The second-order valence-corrected chi connectivity index (χ2v) is 3.55. The third-order valence-electron chi connectivity index (χ3n) is 2.42. The molecule has 1 aliphatic heterocycles. The summed E-state index contributed by atoms with van der Waals surface area (Å²) >= 11 is 0. The van der Waals surface area contributed by atoms with Crippen molar-refractivity contribution in [2.24, 2.45) is 0 Å². The molecular weight excluding hydrogens is 240 g/mol. The zero-order valence-corrected chi connectivity index (χ0v) is 8.51. The Morgan fingerprint density at radius 1 is 1.29 bits per heavy atom. The summed E-state index contributed by atoms with van der Waals surface area (Å²) in [7, 11) is 0. The van der Waals surface area contributed by atoms with Crippen molar-refractivity contribution in [3.8, 4) is 0 Å². The lowest BCUT2D eigenvalue weighted by Gasteiger charge is -2.17. The van der Waals surface area contributed by atoms with Gasteiger partial charge in [0.2, 0.25) is 0 Å². The quantitative estimate of drug-likeness (QED) is 0.760. The molecule has 17 heavy (non-hydrogen) atoms. The molecule has 1 N–H and O–H groups in total. The van der Waals surface area contributed by atoms with Crippen LogP contribution in [0.4, 0.5) is 28.0 Å². The fraction of sp³-hybridized carbons (Fsp3) is 0.300. The first-order chi connectivity index (χ1) is 7.89. The van der Waals surface area contributed by atoms with Crippen LogP contribution < -0.4 is 10.2 Å². The molecule has 92 valence electrons. The molecule has 1 aromatic carbocycles. The van der Waals surface area contributed by atoms with E-state index >= 15 is 0 Å². The summed E-state index contributed by atoms with van der Waals surface area (Å²) < 4.78 is 50.7. The average molecular weight is 248 g/mol. The molecule has 7 heteroatoms. The van der Waals surface area contributed by atoms with E-state index in [0.717, 1.165) is 4.90 Å². The molecule has 0 unspecified atom stereocenters. The summed E-state index contributed by atoms with van der Waals surface area (Å²) in [5.41, 5.74) is -1.33. The Morgan fingerprint density at radius 3 is 2.53 bits per heavy atom. The van der Waals surface area contributed by atoms with E-state index in [0.29, 0.717) is 18.2 Å². The molecule has 1 aliphatic rings. The number of amides is 2. The zero-order valence-electron chi connectivity index (χ0n) is 8.51. The van der Waals surface area contributed by atoms with E-state index in [1.807, 2.05) is 0 Å². The van der Waals surface area contributed by atoms with Crippen molar-refractivity contribution in [3.05, 3.63) is 29.6 Å². The minimum absolute atomic E-state index is 0.150. The SMILES string of the molecule is O=C1NCCN1c1cc(C(F)(F)F)ccc1F. The van der Waals surface area contributed by atoms with Crippen molar-refractivity contribution in [1.29, 1.82) is 0 Å². The van der Waals surface area contributed by atoms with Crippen LogP contribution in [-0.2, 0) is 6.18 Å². The standard InChI is InChI=1S/C10H8F4N2O/c11-7-2-1-6(10(12,13)14)5-8(7)16-4-3-15-9(16)17/h1-2,5H,3-4H2,(H,15,17). The van der Waals surface area contributed by atoms with Crippen LogP contribution in [0.1, 0.15) is 5.56 Å². The highest BCUT2D eigenvalue weighted by Crippen LogP contribution is 2.33. The number of nitrogens with one attached hydrogen (secondary N) is 1. The minimum atomic E-state index is -4.56. The van der Waals surface area contributed by atoms with Gasteiger partial charge in [0.15, 0.2) is 0 Å². The van der Waals surface area contributed by atoms with Crippen LogP contribution in [0.3, 0.4) is 0 Å². The number of urea groups is 1. The lowest BCUT2D eigenvalue weighted by Crippen LogP contribution is -2.28. The lowest BCUT2D eigenvalue weighted by atomic mass is 10.1. The highest BCUT2D eigenvalue weighted by atomic mass is 19.4. The predicted octanol–water partition coefficient (Wildman–Crippen LogP) is 2.37. The molecule has 0 aromatic heterocycles. The van der Waals surface area contributed by atoms with Gasteiger partial charge in [-0.2, -0.15) is 13.2 Å². The van der Waals surface area contributed by atoms with Crippen molar-refractivity contribution in [2.75, 3.05) is 18.0 Å². The van der Waals surface area contributed by atoms with E-state index in [2.05, 4.69) is 5.32 Å². The Kier molecular flexibility index (Phi) is 2.68. The maximum Gasteiger partial charge on any atom is 0.416 e. The van der Waals surface area contributed by atoms with Crippen LogP contribution in [0.5, 0.6) is 0 Å². The molecule has 0 spiro atoms. The Morgan fingerprint density at radius 2 is 2.00 bits per heavy atom. The number of carbonyl (C=O) groups excluding carboxylic acids is 1. The van der Waals surface area contributed by atoms with E-state index in [-0.39, 0.29) is 18.8 Å². The highest BCUT2D eigenvalue weighted by Gasteiger charge is 2.33. The van der Waals surface area contributed by atoms with Gasteiger partial charge in [-0.15, -0.1) is 0 Å². The van der Waals surface area contributed by atoms with Gasteiger partial charge in [-0.25, -0.2) is 9.18 Å². The number of alkyl halides is 3. The van der Waals surface area contributed by atoms with Crippen molar-refractivity contribution in [2.45, 2.75) is 6.18 Å². The Bertz CT molecular complexity index is 458. The predicted molar refractivity (Wildman–Crippen MR) is 52.1 cm³/mol. The number of rotatable bonds is 1. The maximum absolute atomic E-state index is 13.4. The Labute approximate surface area is 94.0 Å². The second kappa shape index (κ2) is 3.90. The van der Waals surface area contributed by atoms with Crippen molar-refractivity contribution in [3.63, 3.8) is 0 Å². The van der Waals surface area contributed by atoms with Crippen LogP contribution in [0, 0.1) is 5.82 Å². The van der Waals surface area contributed by atoms with Gasteiger partial charge < -0.3 is 5.32 Å². The first-order valence-corrected chi connectivity index (χ1v) is 4.82. The average Bonchev–Trinajstić information content (AvgIpc) is 2.63. The zero-order chi connectivity index (χ0) is 12.6. The van der Waals surface area contributed by atoms with Gasteiger partial charge in [-0.3, -0.25) is 4.90 Å². The van der Waals surface area contributed by atoms with Gasteiger partial charge in [-0.05, 0) is 18.2 Å². The van der Waals surface area contributed by atoms with E-state index in [4.69, 9.17) is 0 Å². The lowest BCUT2D eigenvalue weighted by molar-refractivity contribution is -0.137. The summed E-state index contributed by atoms with van der Waals surface area (Å²) in [6.45, 7) is 0.436. The van der Waals surface area contributed by atoms with E-state index < -0.39 is 23.6 Å². The molecule has 2 amide bonds. The first-order valence-electron chi connectivity index (χ1n) is 4.82. The molecule has 1 aromatic rings. The van der Waals surface area contributed by atoms with E-state index in [1.54, 1.807) is 0 Å². The van der Waals surface area contributed by atoms with Gasteiger partial charge in [0.05, 0.1) is 11.3 Å². The van der Waals surface area contributed by atoms with Crippen LogP contribution >= 0.6 is 0 Å². The number of carbonyl (C=O) groups is 1. The fourth-order valence-corrected chi connectivity index (χ4v) is 1.60. The largest absolute Gasteiger partial charge is 0.416 e. The van der Waals surface area contributed by atoms with Crippen molar-refractivity contribution >= 4 is 11.7 Å². The fourth-order valence-electron chi connectivity index (χ4n) is 1.60. The topological polar surface area (TPSA) is 32.3 Å². The third-order valence-corrected chi connectivity index (χ3v) is 2.42. The van der Waals surface area contributed by atoms with Crippen LogP contribution in [0.25, 0.3) is 0 Å². The van der Waals surface area contributed by atoms with E-state index in [1.165, 1.54) is 0 Å². The van der Waals surface area contributed by atoms with E-state index in [9.17, 15) is 22.4 Å². The van der Waals surface area contributed by atoms with Gasteiger partial charge in [0, 0.05) is 13.1 Å². The summed E-state index contributed by atoms with van der Waals surface area (Å²) in [4.78, 5) is 12.2. The van der Waals surface area contributed by atoms with Crippen LogP contribution in [0.2, 0.25) is 0 Å². The smallest absolute Gasteiger partial charge is 0.336 e.